The van der Waals surface area contributed by atoms with Gasteiger partial charge in [0.2, 0.25) is 11.8 Å². The van der Waals surface area contributed by atoms with E-state index in [4.69, 9.17) is 4.42 Å². The zero-order valence-corrected chi connectivity index (χ0v) is 17.9. The summed E-state index contributed by atoms with van der Waals surface area (Å²) in [5.41, 5.74) is 2.42. The van der Waals surface area contributed by atoms with E-state index in [1.165, 1.54) is 6.07 Å². The second-order valence-electron chi connectivity index (χ2n) is 7.86. The zero-order chi connectivity index (χ0) is 21.9. The van der Waals surface area contributed by atoms with Gasteiger partial charge in [0.1, 0.15) is 18.1 Å². The Hall–Kier alpha value is -3.65. The van der Waals surface area contributed by atoms with E-state index in [1.54, 1.807) is 18.7 Å². The van der Waals surface area contributed by atoms with Gasteiger partial charge in [-0.3, -0.25) is 4.90 Å². The lowest BCUT2D eigenvalue weighted by atomic mass is 10.0. The lowest BCUT2D eigenvalue weighted by Crippen LogP contribution is -2.48. The number of aryl methyl sites for hydroxylation is 1. The molecule has 7 nitrogen and oxygen atoms in total. The third-order valence-electron chi connectivity index (χ3n) is 5.85. The molecular formula is C24H25FN6O. The molecule has 164 valence electrons. The SMILES string of the molecule is Cn1ccnc1Nc1ccc(N2CCN(C(c3ccccc3)c3ncco3)CC2)c(F)c1. The van der Waals surface area contributed by atoms with Gasteiger partial charge in [-0.05, 0) is 23.8 Å². The first-order valence-electron chi connectivity index (χ1n) is 10.7. The normalized spacial score (nSPS) is 15.6. The van der Waals surface area contributed by atoms with Crippen LogP contribution in [-0.4, -0.2) is 45.6 Å². The molecule has 2 aromatic heterocycles. The Bertz CT molecular complexity index is 1150. The van der Waals surface area contributed by atoms with E-state index in [0.29, 0.717) is 36.3 Å². The molecule has 4 aromatic rings. The molecule has 1 aliphatic rings. The Balaban J connectivity index is 1.29. The lowest BCUT2D eigenvalue weighted by molar-refractivity contribution is 0.187. The molecule has 1 N–H and O–H groups in total. The molecule has 8 heteroatoms. The molecule has 1 saturated heterocycles. The van der Waals surface area contributed by atoms with Crippen LogP contribution in [0.1, 0.15) is 17.5 Å². The van der Waals surface area contributed by atoms with Crippen LogP contribution in [0.4, 0.5) is 21.7 Å². The van der Waals surface area contributed by atoms with Crippen molar-refractivity contribution in [2.75, 3.05) is 36.4 Å². The number of rotatable bonds is 6. The van der Waals surface area contributed by atoms with Gasteiger partial charge in [-0.1, -0.05) is 30.3 Å². The van der Waals surface area contributed by atoms with E-state index in [0.717, 1.165) is 18.7 Å². The van der Waals surface area contributed by atoms with Crippen molar-refractivity contribution in [2.24, 2.45) is 7.05 Å². The highest BCUT2D eigenvalue weighted by atomic mass is 19.1. The minimum atomic E-state index is -0.245. The molecule has 1 fully saturated rings. The van der Waals surface area contributed by atoms with E-state index in [9.17, 15) is 4.39 Å². The van der Waals surface area contributed by atoms with Crippen LogP contribution >= 0.6 is 0 Å². The Morgan fingerprint density at radius 1 is 1.00 bits per heavy atom. The maximum Gasteiger partial charge on any atom is 0.215 e. The van der Waals surface area contributed by atoms with Crippen molar-refractivity contribution in [3.05, 3.63) is 90.7 Å². The highest BCUT2D eigenvalue weighted by molar-refractivity contribution is 5.60. The average Bonchev–Trinajstić information content (AvgIpc) is 3.48. The molecule has 0 bridgehead atoms. The van der Waals surface area contributed by atoms with Crippen LogP contribution in [0.15, 0.2) is 77.8 Å². The number of aromatic nitrogens is 3. The number of hydrogen-bond donors (Lipinski definition) is 1. The van der Waals surface area contributed by atoms with Crippen molar-refractivity contribution in [1.82, 2.24) is 19.4 Å². The van der Waals surface area contributed by atoms with Gasteiger partial charge in [-0.25, -0.2) is 14.4 Å². The standard InChI is InChI=1S/C24H25FN6O/c1-29-11-9-27-24(29)28-19-7-8-21(20(25)17-19)30-12-14-31(15-13-30)22(23-26-10-16-32-23)18-5-3-2-4-6-18/h2-11,16-17,22H,12-15H2,1H3,(H,27,28). The molecule has 0 amide bonds. The summed E-state index contributed by atoms with van der Waals surface area (Å²) in [5, 5.41) is 3.15. The number of piperazine rings is 1. The Morgan fingerprint density at radius 2 is 1.81 bits per heavy atom. The third-order valence-corrected chi connectivity index (χ3v) is 5.85. The Kier molecular flexibility index (Phi) is 5.60. The monoisotopic (exact) mass is 432 g/mol. The zero-order valence-electron chi connectivity index (χ0n) is 17.9. The van der Waals surface area contributed by atoms with Crippen LogP contribution in [0.25, 0.3) is 0 Å². The largest absolute Gasteiger partial charge is 0.447 e. The molecule has 0 saturated carbocycles. The summed E-state index contributed by atoms with van der Waals surface area (Å²) in [6, 6.07) is 15.4. The highest BCUT2D eigenvalue weighted by Gasteiger charge is 2.30. The maximum absolute atomic E-state index is 15.0. The summed E-state index contributed by atoms with van der Waals surface area (Å²) in [4.78, 5) is 13.1. The second-order valence-corrected chi connectivity index (χ2v) is 7.86. The summed E-state index contributed by atoms with van der Waals surface area (Å²) < 4.78 is 22.5. The fraction of sp³-hybridized carbons (Fsp3) is 0.250. The first-order valence-corrected chi connectivity index (χ1v) is 10.7. The molecule has 0 aliphatic carbocycles. The number of oxazole rings is 1. The Labute approximate surface area is 186 Å². The molecule has 3 heterocycles. The Morgan fingerprint density at radius 3 is 2.47 bits per heavy atom. The van der Waals surface area contributed by atoms with E-state index >= 15 is 0 Å². The van der Waals surface area contributed by atoms with Gasteiger partial charge < -0.3 is 19.2 Å². The molecule has 1 unspecified atom stereocenters. The minimum absolute atomic E-state index is 0.0532. The number of halogens is 1. The number of nitrogens with zero attached hydrogens (tertiary/aromatic N) is 5. The number of anilines is 3. The summed E-state index contributed by atoms with van der Waals surface area (Å²) >= 11 is 0. The van der Waals surface area contributed by atoms with Gasteiger partial charge in [0.05, 0.1) is 11.9 Å². The molecule has 5 rings (SSSR count). The van der Waals surface area contributed by atoms with Gasteiger partial charge >= 0.3 is 0 Å². The summed E-state index contributed by atoms with van der Waals surface area (Å²) in [6.45, 7) is 2.98. The van der Waals surface area contributed by atoms with Gasteiger partial charge in [0.25, 0.3) is 0 Å². The highest BCUT2D eigenvalue weighted by Crippen LogP contribution is 2.31. The van der Waals surface area contributed by atoms with Crippen molar-refractivity contribution in [3.8, 4) is 0 Å². The average molecular weight is 433 g/mol. The van der Waals surface area contributed by atoms with Crippen LogP contribution in [0.2, 0.25) is 0 Å². The molecule has 0 radical (unpaired) electrons. The maximum atomic E-state index is 15.0. The molecule has 0 spiro atoms. The van der Waals surface area contributed by atoms with E-state index in [2.05, 4.69) is 37.2 Å². The summed E-state index contributed by atoms with van der Waals surface area (Å²) in [7, 11) is 1.89. The third kappa shape index (κ3) is 4.09. The van der Waals surface area contributed by atoms with Crippen LogP contribution in [0, 0.1) is 5.82 Å². The van der Waals surface area contributed by atoms with E-state index < -0.39 is 0 Å². The molecule has 1 atom stereocenters. The number of hydrogen-bond acceptors (Lipinski definition) is 6. The lowest BCUT2D eigenvalue weighted by Gasteiger charge is -2.39. The first kappa shape index (κ1) is 20.3. The number of nitrogens with one attached hydrogen (secondary N) is 1. The van der Waals surface area contributed by atoms with Gasteiger partial charge in [0, 0.05) is 51.3 Å². The van der Waals surface area contributed by atoms with Crippen LogP contribution in [-0.2, 0) is 7.05 Å². The number of imidazole rings is 1. The van der Waals surface area contributed by atoms with Gasteiger partial charge in [-0.15, -0.1) is 0 Å². The van der Waals surface area contributed by atoms with Crippen molar-refractivity contribution >= 4 is 17.3 Å². The number of benzene rings is 2. The van der Waals surface area contributed by atoms with Crippen LogP contribution < -0.4 is 10.2 Å². The van der Waals surface area contributed by atoms with Crippen molar-refractivity contribution < 1.29 is 8.81 Å². The molecule has 1 aliphatic heterocycles. The fourth-order valence-electron chi connectivity index (χ4n) is 4.19. The van der Waals surface area contributed by atoms with Crippen molar-refractivity contribution in [3.63, 3.8) is 0 Å². The minimum Gasteiger partial charge on any atom is -0.447 e. The van der Waals surface area contributed by atoms with Gasteiger partial charge in [-0.2, -0.15) is 0 Å². The topological polar surface area (TPSA) is 62.4 Å². The summed E-state index contributed by atoms with van der Waals surface area (Å²) in [6.07, 6.45) is 6.83. The smallest absolute Gasteiger partial charge is 0.215 e. The molecular weight excluding hydrogens is 407 g/mol. The van der Waals surface area contributed by atoms with Crippen LogP contribution in [0.5, 0.6) is 0 Å². The van der Waals surface area contributed by atoms with E-state index in [1.807, 2.05) is 48.1 Å². The summed E-state index contributed by atoms with van der Waals surface area (Å²) in [5.74, 6) is 1.11. The molecule has 2 aromatic carbocycles. The predicted molar refractivity (Wildman–Crippen MR) is 121 cm³/mol. The first-order chi connectivity index (χ1) is 15.7. The van der Waals surface area contributed by atoms with Crippen molar-refractivity contribution in [2.45, 2.75) is 6.04 Å². The fourth-order valence-corrected chi connectivity index (χ4v) is 4.19. The van der Waals surface area contributed by atoms with Crippen molar-refractivity contribution in [1.29, 1.82) is 0 Å². The van der Waals surface area contributed by atoms with Crippen LogP contribution in [0.3, 0.4) is 0 Å². The van der Waals surface area contributed by atoms with Gasteiger partial charge in [0.15, 0.2) is 0 Å². The quantitative estimate of drug-likeness (QED) is 0.493. The predicted octanol–water partition coefficient (Wildman–Crippen LogP) is 4.20. The molecule has 32 heavy (non-hydrogen) atoms. The van der Waals surface area contributed by atoms with E-state index in [-0.39, 0.29) is 11.9 Å². The second kappa shape index (κ2) is 8.84.